The van der Waals surface area contributed by atoms with E-state index in [0.29, 0.717) is 13.2 Å². The fourth-order valence-corrected chi connectivity index (χ4v) is 3.19. The highest BCUT2D eigenvalue weighted by molar-refractivity contribution is 5.96. The molecule has 1 rings (SSSR count). The summed E-state index contributed by atoms with van der Waals surface area (Å²) in [4.78, 5) is 23.7. The Morgan fingerprint density at radius 1 is 0.784 bits per heavy atom. The minimum atomic E-state index is -0.379. The monoisotopic (exact) mass is 508 g/mol. The van der Waals surface area contributed by atoms with E-state index in [0.717, 1.165) is 51.4 Å². The average molecular weight is 509 g/mol. The lowest BCUT2D eigenvalue weighted by atomic mass is 10.2. The number of benzene rings is 1. The molecule has 0 fully saturated rings. The normalized spacial score (nSPS) is 12.0. The summed E-state index contributed by atoms with van der Waals surface area (Å²) >= 11 is 0. The SMILES string of the molecule is CCC=CCC=CCC=CCC=CCC=CCCCCOCC(=O)NCCNC(=O)c1ccccc1O. The molecule has 1 aromatic rings. The molecule has 0 aliphatic rings. The number of unbranched alkanes of at least 4 members (excludes halogenated alkanes) is 2. The number of allylic oxidation sites excluding steroid dienone is 10. The number of aromatic hydroxyl groups is 1. The quantitative estimate of drug-likeness (QED) is 0.145. The summed E-state index contributed by atoms with van der Waals surface area (Å²) in [6.45, 7) is 3.27. The molecule has 0 spiro atoms. The smallest absolute Gasteiger partial charge is 0.255 e. The summed E-state index contributed by atoms with van der Waals surface area (Å²) in [5, 5.41) is 15.0. The van der Waals surface area contributed by atoms with Crippen molar-refractivity contribution in [2.75, 3.05) is 26.3 Å². The van der Waals surface area contributed by atoms with E-state index in [9.17, 15) is 14.7 Å². The highest BCUT2D eigenvalue weighted by Gasteiger charge is 2.09. The first-order valence-electron chi connectivity index (χ1n) is 13.3. The fourth-order valence-electron chi connectivity index (χ4n) is 3.19. The molecule has 0 unspecified atom stereocenters. The van der Waals surface area contributed by atoms with Crippen molar-refractivity contribution in [3.8, 4) is 5.75 Å². The average Bonchev–Trinajstić information content (AvgIpc) is 2.90. The van der Waals surface area contributed by atoms with Crippen molar-refractivity contribution in [3.63, 3.8) is 0 Å². The Kier molecular flexibility index (Phi) is 19.7. The Labute approximate surface area is 222 Å². The van der Waals surface area contributed by atoms with Gasteiger partial charge in [0.2, 0.25) is 5.91 Å². The number of phenols is 1. The third kappa shape index (κ3) is 18.5. The van der Waals surface area contributed by atoms with Crippen LogP contribution in [0.1, 0.15) is 68.6 Å². The topological polar surface area (TPSA) is 87.7 Å². The number of hydrogen-bond acceptors (Lipinski definition) is 4. The lowest BCUT2D eigenvalue weighted by Crippen LogP contribution is -2.36. The molecule has 0 heterocycles. The zero-order valence-corrected chi connectivity index (χ0v) is 22.2. The summed E-state index contributed by atoms with van der Waals surface area (Å²) in [5.41, 5.74) is 0.210. The standard InChI is InChI=1S/C31H44N2O4/c1-2-3-4-5-6-7-8-9-10-11-12-13-14-15-16-17-18-21-26-37-27-30(35)32-24-25-33-31(36)28-22-19-20-23-29(28)34/h3-4,6-7,9-10,12-13,15-16,19-20,22-23,34H,2,5,8,11,14,17-18,21,24-27H2,1H3,(H,32,35)(H,33,36). The molecule has 1 aromatic carbocycles. The Bertz CT molecular complexity index is 900. The molecular weight excluding hydrogens is 464 g/mol. The minimum Gasteiger partial charge on any atom is -0.507 e. The maximum absolute atomic E-state index is 12.0. The number of para-hydroxylation sites is 1. The highest BCUT2D eigenvalue weighted by Crippen LogP contribution is 2.14. The van der Waals surface area contributed by atoms with E-state index < -0.39 is 0 Å². The molecule has 6 nitrogen and oxygen atoms in total. The number of hydrogen-bond donors (Lipinski definition) is 3. The van der Waals surface area contributed by atoms with Gasteiger partial charge >= 0.3 is 0 Å². The summed E-state index contributed by atoms with van der Waals surface area (Å²) in [7, 11) is 0. The second-order valence-electron chi connectivity index (χ2n) is 8.38. The molecule has 202 valence electrons. The van der Waals surface area contributed by atoms with Crippen molar-refractivity contribution in [1.82, 2.24) is 10.6 Å². The van der Waals surface area contributed by atoms with Crippen molar-refractivity contribution >= 4 is 11.8 Å². The van der Waals surface area contributed by atoms with E-state index in [1.807, 2.05) is 0 Å². The number of phenolic OH excluding ortho intramolecular Hbond substituents is 1. The van der Waals surface area contributed by atoms with Gasteiger partial charge < -0.3 is 20.5 Å². The van der Waals surface area contributed by atoms with Gasteiger partial charge in [-0.25, -0.2) is 0 Å². The van der Waals surface area contributed by atoms with Crippen molar-refractivity contribution in [3.05, 3.63) is 90.6 Å². The van der Waals surface area contributed by atoms with Crippen LogP contribution >= 0.6 is 0 Å². The third-order valence-corrected chi connectivity index (χ3v) is 5.18. The van der Waals surface area contributed by atoms with Gasteiger partial charge in [0.15, 0.2) is 0 Å². The van der Waals surface area contributed by atoms with E-state index in [1.54, 1.807) is 18.2 Å². The molecule has 0 bridgehead atoms. The van der Waals surface area contributed by atoms with E-state index in [-0.39, 0.29) is 36.3 Å². The highest BCUT2D eigenvalue weighted by atomic mass is 16.5. The molecule has 0 aliphatic carbocycles. The molecule has 0 saturated carbocycles. The number of amides is 2. The van der Waals surface area contributed by atoms with Gasteiger partial charge in [-0.15, -0.1) is 0 Å². The van der Waals surface area contributed by atoms with Gasteiger partial charge in [0.05, 0.1) is 5.56 Å². The van der Waals surface area contributed by atoms with Crippen LogP contribution in [-0.4, -0.2) is 43.2 Å². The predicted octanol–water partition coefficient (Wildman–Crippen LogP) is 6.18. The van der Waals surface area contributed by atoms with Crippen molar-refractivity contribution < 1.29 is 19.4 Å². The van der Waals surface area contributed by atoms with Crippen LogP contribution in [0.5, 0.6) is 5.75 Å². The van der Waals surface area contributed by atoms with Crippen molar-refractivity contribution in [2.24, 2.45) is 0 Å². The first kappa shape index (κ1) is 31.6. The van der Waals surface area contributed by atoms with Crippen molar-refractivity contribution in [2.45, 2.75) is 58.3 Å². The number of nitrogens with one attached hydrogen (secondary N) is 2. The van der Waals surface area contributed by atoms with Crippen LogP contribution in [0.15, 0.2) is 85.0 Å². The van der Waals surface area contributed by atoms with E-state index in [4.69, 9.17) is 4.74 Å². The third-order valence-electron chi connectivity index (χ3n) is 5.18. The van der Waals surface area contributed by atoms with Gasteiger partial charge in [0.25, 0.3) is 5.91 Å². The largest absolute Gasteiger partial charge is 0.507 e. The molecule has 3 N–H and O–H groups in total. The molecule has 0 atom stereocenters. The minimum absolute atomic E-state index is 0.00902. The molecule has 6 heteroatoms. The van der Waals surface area contributed by atoms with Gasteiger partial charge in [0, 0.05) is 19.7 Å². The summed E-state index contributed by atoms with van der Waals surface area (Å²) in [5.74, 6) is -0.662. The van der Waals surface area contributed by atoms with Crippen molar-refractivity contribution in [1.29, 1.82) is 0 Å². The van der Waals surface area contributed by atoms with Gasteiger partial charge in [-0.2, -0.15) is 0 Å². The Hall–Kier alpha value is -3.38. The van der Waals surface area contributed by atoms with E-state index in [2.05, 4.69) is 78.3 Å². The number of carbonyl (C=O) groups is 2. The molecular formula is C31H44N2O4. The fraction of sp³-hybridized carbons (Fsp3) is 0.419. The molecule has 2 amide bonds. The van der Waals surface area contributed by atoms with Crippen LogP contribution in [-0.2, 0) is 9.53 Å². The first-order valence-corrected chi connectivity index (χ1v) is 13.3. The summed E-state index contributed by atoms with van der Waals surface area (Å²) in [6.07, 6.45) is 29.9. The van der Waals surface area contributed by atoms with Crippen LogP contribution in [0.25, 0.3) is 0 Å². The Morgan fingerprint density at radius 3 is 1.97 bits per heavy atom. The Morgan fingerprint density at radius 2 is 1.35 bits per heavy atom. The molecule has 0 saturated heterocycles. The second kappa shape index (κ2) is 23.0. The van der Waals surface area contributed by atoms with Crippen LogP contribution in [0.4, 0.5) is 0 Å². The van der Waals surface area contributed by atoms with Crippen LogP contribution < -0.4 is 10.6 Å². The van der Waals surface area contributed by atoms with Crippen LogP contribution in [0, 0.1) is 0 Å². The van der Waals surface area contributed by atoms with E-state index in [1.165, 1.54) is 6.07 Å². The van der Waals surface area contributed by atoms with Crippen LogP contribution in [0.2, 0.25) is 0 Å². The maximum atomic E-state index is 12.0. The zero-order chi connectivity index (χ0) is 26.8. The molecule has 0 radical (unpaired) electrons. The summed E-state index contributed by atoms with van der Waals surface area (Å²) in [6, 6.07) is 6.32. The molecule has 37 heavy (non-hydrogen) atoms. The zero-order valence-electron chi connectivity index (χ0n) is 22.2. The molecule has 0 aromatic heterocycles. The molecule has 0 aliphatic heterocycles. The predicted molar refractivity (Wildman–Crippen MR) is 153 cm³/mol. The van der Waals surface area contributed by atoms with E-state index >= 15 is 0 Å². The lowest BCUT2D eigenvalue weighted by Gasteiger charge is -2.08. The number of rotatable bonds is 20. The van der Waals surface area contributed by atoms with Gasteiger partial charge in [-0.3, -0.25) is 9.59 Å². The Balaban J connectivity index is 1.91. The first-order chi connectivity index (χ1) is 18.1. The number of ether oxygens (including phenoxy) is 1. The maximum Gasteiger partial charge on any atom is 0.255 e. The van der Waals surface area contributed by atoms with Gasteiger partial charge in [-0.1, -0.05) is 79.8 Å². The van der Waals surface area contributed by atoms with Gasteiger partial charge in [0.1, 0.15) is 12.4 Å². The van der Waals surface area contributed by atoms with Crippen LogP contribution in [0.3, 0.4) is 0 Å². The number of carbonyl (C=O) groups excluding carboxylic acids is 2. The summed E-state index contributed by atoms with van der Waals surface area (Å²) < 4.78 is 5.41. The second-order valence-corrected chi connectivity index (χ2v) is 8.38. The van der Waals surface area contributed by atoms with Gasteiger partial charge in [-0.05, 0) is 63.5 Å². The lowest BCUT2D eigenvalue weighted by molar-refractivity contribution is -0.125.